The highest BCUT2D eigenvalue weighted by Crippen LogP contribution is 2.48. The van der Waals surface area contributed by atoms with Gasteiger partial charge in [-0.15, -0.1) is 24.0 Å². The number of benzene rings is 1. The van der Waals surface area contributed by atoms with Crippen molar-refractivity contribution >= 4 is 29.9 Å². The number of ether oxygens (including phenoxy) is 1. The molecule has 3 fully saturated rings. The highest BCUT2D eigenvalue weighted by Gasteiger charge is 2.41. The van der Waals surface area contributed by atoms with E-state index in [4.69, 9.17) is 4.74 Å². The Balaban J connectivity index is 0.00000196. The molecule has 0 bridgehead atoms. The van der Waals surface area contributed by atoms with Crippen molar-refractivity contribution in [3.8, 4) is 5.75 Å². The van der Waals surface area contributed by atoms with Gasteiger partial charge in [-0.25, -0.2) is 0 Å². The van der Waals surface area contributed by atoms with Gasteiger partial charge in [0.15, 0.2) is 5.96 Å². The van der Waals surface area contributed by atoms with E-state index in [1.54, 1.807) is 7.11 Å². The van der Waals surface area contributed by atoms with E-state index in [1.165, 1.54) is 37.7 Å². The Labute approximate surface area is 174 Å². The van der Waals surface area contributed by atoms with Crippen molar-refractivity contribution in [1.82, 2.24) is 10.2 Å². The Kier molecular flexibility index (Phi) is 6.70. The number of guanidine groups is 1. The van der Waals surface area contributed by atoms with Gasteiger partial charge in [0, 0.05) is 32.6 Å². The molecule has 1 heterocycles. The molecule has 144 valence electrons. The molecule has 4 nitrogen and oxygen atoms in total. The standard InChI is InChI=1S/C21H31N3O.HI/c1-22-21(23-13-20(16-3-4-16)17-5-6-17)24-12-11-18(14-24)15-7-9-19(25-2)10-8-15;/h7-10,16-18,20H,3-6,11-14H2,1-2H3,(H,22,23);1H. The molecule has 4 rings (SSSR count). The minimum absolute atomic E-state index is 0. The van der Waals surface area contributed by atoms with Crippen molar-refractivity contribution in [2.75, 3.05) is 33.8 Å². The van der Waals surface area contributed by atoms with Crippen molar-refractivity contribution in [3.63, 3.8) is 0 Å². The summed E-state index contributed by atoms with van der Waals surface area (Å²) in [7, 11) is 3.64. The average molecular weight is 469 g/mol. The van der Waals surface area contributed by atoms with E-state index in [0.29, 0.717) is 5.92 Å². The first-order valence-electron chi connectivity index (χ1n) is 9.88. The van der Waals surface area contributed by atoms with Crippen LogP contribution >= 0.6 is 24.0 Å². The molecule has 0 radical (unpaired) electrons. The molecule has 1 aromatic rings. The summed E-state index contributed by atoms with van der Waals surface area (Å²) in [5.74, 6) is 5.49. The second-order valence-electron chi connectivity index (χ2n) is 7.97. The van der Waals surface area contributed by atoms with E-state index in [2.05, 4.69) is 39.5 Å². The molecule has 0 amide bonds. The van der Waals surface area contributed by atoms with Crippen LogP contribution in [-0.2, 0) is 0 Å². The summed E-state index contributed by atoms with van der Waals surface area (Å²) in [6, 6.07) is 8.56. The number of nitrogens with zero attached hydrogens (tertiary/aromatic N) is 2. The van der Waals surface area contributed by atoms with Crippen LogP contribution in [0, 0.1) is 17.8 Å². The van der Waals surface area contributed by atoms with Crippen molar-refractivity contribution < 1.29 is 4.74 Å². The molecule has 1 aliphatic heterocycles. The minimum Gasteiger partial charge on any atom is -0.497 e. The smallest absolute Gasteiger partial charge is 0.193 e. The van der Waals surface area contributed by atoms with Crippen LogP contribution in [0.4, 0.5) is 0 Å². The number of halogens is 1. The van der Waals surface area contributed by atoms with Crippen LogP contribution in [0.2, 0.25) is 0 Å². The van der Waals surface area contributed by atoms with Crippen LogP contribution in [0.5, 0.6) is 5.75 Å². The lowest BCUT2D eigenvalue weighted by Crippen LogP contribution is -2.42. The van der Waals surface area contributed by atoms with E-state index in [-0.39, 0.29) is 24.0 Å². The van der Waals surface area contributed by atoms with E-state index in [0.717, 1.165) is 49.1 Å². The third-order valence-electron chi connectivity index (χ3n) is 6.24. The van der Waals surface area contributed by atoms with Crippen molar-refractivity contribution in [3.05, 3.63) is 29.8 Å². The topological polar surface area (TPSA) is 36.9 Å². The van der Waals surface area contributed by atoms with Gasteiger partial charge in [0.2, 0.25) is 0 Å². The predicted octanol–water partition coefficient (Wildman–Crippen LogP) is 4.11. The molecular weight excluding hydrogens is 437 g/mol. The van der Waals surface area contributed by atoms with Crippen molar-refractivity contribution in [2.45, 2.75) is 38.0 Å². The van der Waals surface area contributed by atoms with Crippen molar-refractivity contribution in [1.29, 1.82) is 0 Å². The van der Waals surface area contributed by atoms with Crippen LogP contribution in [0.25, 0.3) is 0 Å². The van der Waals surface area contributed by atoms with E-state index in [1.807, 2.05) is 7.05 Å². The highest BCUT2D eigenvalue weighted by atomic mass is 127. The lowest BCUT2D eigenvalue weighted by atomic mass is 9.98. The fourth-order valence-electron chi connectivity index (χ4n) is 4.41. The van der Waals surface area contributed by atoms with Gasteiger partial charge in [-0.1, -0.05) is 12.1 Å². The number of methoxy groups -OCH3 is 1. The number of likely N-dealkylation sites (tertiary alicyclic amines) is 1. The molecule has 26 heavy (non-hydrogen) atoms. The Morgan fingerprint density at radius 2 is 1.81 bits per heavy atom. The molecule has 3 aliphatic rings. The van der Waals surface area contributed by atoms with Crippen LogP contribution in [0.3, 0.4) is 0 Å². The second-order valence-corrected chi connectivity index (χ2v) is 7.97. The van der Waals surface area contributed by atoms with E-state index >= 15 is 0 Å². The zero-order valence-corrected chi connectivity index (χ0v) is 18.3. The summed E-state index contributed by atoms with van der Waals surface area (Å²) in [6.45, 7) is 3.27. The van der Waals surface area contributed by atoms with Gasteiger partial charge in [-0.05, 0) is 67.6 Å². The first-order chi connectivity index (χ1) is 12.3. The summed E-state index contributed by atoms with van der Waals surface area (Å²) in [6.07, 6.45) is 6.99. The molecule has 2 saturated carbocycles. The molecular formula is C21H32IN3O. The van der Waals surface area contributed by atoms with Gasteiger partial charge in [0.05, 0.1) is 7.11 Å². The summed E-state index contributed by atoms with van der Waals surface area (Å²) >= 11 is 0. The SMILES string of the molecule is CN=C(NCC(C1CC1)C1CC1)N1CCC(c2ccc(OC)cc2)C1.I. The van der Waals surface area contributed by atoms with Crippen molar-refractivity contribution in [2.24, 2.45) is 22.7 Å². The molecule has 1 aromatic carbocycles. The fourth-order valence-corrected chi connectivity index (χ4v) is 4.41. The van der Waals surface area contributed by atoms with Gasteiger partial charge >= 0.3 is 0 Å². The molecule has 5 heteroatoms. The first-order valence-corrected chi connectivity index (χ1v) is 9.88. The van der Waals surface area contributed by atoms with Gasteiger partial charge in [0.1, 0.15) is 5.75 Å². The normalized spacial score (nSPS) is 23.1. The predicted molar refractivity (Wildman–Crippen MR) is 118 cm³/mol. The Hall–Kier alpha value is -0.980. The zero-order valence-electron chi connectivity index (χ0n) is 16.0. The van der Waals surface area contributed by atoms with E-state index < -0.39 is 0 Å². The van der Waals surface area contributed by atoms with Gasteiger partial charge in [-0.3, -0.25) is 4.99 Å². The maximum atomic E-state index is 5.27. The molecule has 0 spiro atoms. The molecule has 2 aliphatic carbocycles. The summed E-state index contributed by atoms with van der Waals surface area (Å²) in [5, 5.41) is 3.70. The Bertz CT molecular complexity index is 598. The highest BCUT2D eigenvalue weighted by molar-refractivity contribution is 14.0. The van der Waals surface area contributed by atoms with Gasteiger partial charge in [0.25, 0.3) is 0 Å². The molecule has 0 aromatic heterocycles. The second kappa shape index (κ2) is 8.81. The third kappa shape index (κ3) is 4.65. The zero-order chi connectivity index (χ0) is 17.2. The third-order valence-corrected chi connectivity index (χ3v) is 6.24. The molecule has 1 saturated heterocycles. The number of nitrogens with one attached hydrogen (secondary N) is 1. The lowest BCUT2D eigenvalue weighted by Gasteiger charge is -2.24. The van der Waals surface area contributed by atoms with Gasteiger partial charge < -0.3 is 15.0 Å². The van der Waals surface area contributed by atoms with Gasteiger partial charge in [-0.2, -0.15) is 0 Å². The summed E-state index contributed by atoms with van der Waals surface area (Å²) in [5.41, 5.74) is 1.41. The number of hydrogen-bond acceptors (Lipinski definition) is 2. The minimum atomic E-state index is 0. The maximum absolute atomic E-state index is 5.27. The van der Waals surface area contributed by atoms with Crippen LogP contribution < -0.4 is 10.1 Å². The number of hydrogen-bond donors (Lipinski definition) is 1. The largest absolute Gasteiger partial charge is 0.497 e. The monoisotopic (exact) mass is 469 g/mol. The summed E-state index contributed by atoms with van der Waals surface area (Å²) in [4.78, 5) is 7.00. The van der Waals surface area contributed by atoms with Crippen LogP contribution in [-0.4, -0.2) is 44.7 Å². The maximum Gasteiger partial charge on any atom is 0.193 e. The first kappa shape index (κ1) is 19.8. The molecule has 1 N–H and O–H groups in total. The van der Waals surface area contributed by atoms with E-state index in [9.17, 15) is 0 Å². The summed E-state index contributed by atoms with van der Waals surface area (Å²) < 4.78 is 5.27. The lowest BCUT2D eigenvalue weighted by molar-refractivity contribution is 0.388. The van der Waals surface area contributed by atoms with Crippen LogP contribution in [0.1, 0.15) is 43.6 Å². The Morgan fingerprint density at radius 1 is 1.15 bits per heavy atom. The Morgan fingerprint density at radius 3 is 2.35 bits per heavy atom. The quantitative estimate of drug-likeness (QED) is 0.387. The molecule has 1 atom stereocenters. The molecule has 1 unspecified atom stereocenters. The number of aliphatic imine (C=N–C) groups is 1. The average Bonchev–Trinajstić information content (AvgIpc) is 3.59. The van der Waals surface area contributed by atoms with Crippen LogP contribution in [0.15, 0.2) is 29.3 Å². The fraction of sp³-hybridized carbons (Fsp3) is 0.667. The number of rotatable bonds is 6.